The Balaban J connectivity index is 2.76. The maximum absolute atomic E-state index is 13.2. The molecule has 8 heteroatoms. The smallest absolute Gasteiger partial charge is 0.326 e. The molecule has 0 radical (unpaired) electrons. The molecule has 1 aromatic carbocycles. The summed E-state index contributed by atoms with van der Waals surface area (Å²) < 4.78 is 27.3. The van der Waals surface area contributed by atoms with Crippen molar-refractivity contribution in [1.82, 2.24) is 4.57 Å². The van der Waals surface area contributed by atoms with Crippen LogP contribution in [0.2, 0.25) is 5.02 Å². The quantitative estimate of drug-likeness (QED) is 0.910. The van der Waals surface area contributed by atoms with Crippen molar-refractivity contribution in [2.45, 2.75) is 19.4 Å². The van der Waals surface area contributed by atoms with Gasteiger partial charge < -0.3 is 9.67 Å². The largest absolute Gasteiger partial charge is 0.480 e. The zero-order valence-electron chi connectivity index (χ0n) is 12.3. The summed E-state index contributed by atoms with van der Waals surface area (Å²) in [7, 11) is 0. The Bertz CT molecular complexity index is 903. The summed E-state index contributed by atoms with van der Waals surface area (Å²) >= 11 is 5.84. The summed E-state index contributed by atoms with van der Waals surface area (Å²) in [4.78, 5) is 23.2. The van der Waals surface area contributed by atoms with E-state index in [-0.39, 0.29) is 27.3 Å². The van der Waals surface area contributed by atoms with Crippen LogP contribution in [0.4, 0.5) is 8.78 Å². The average Bonchev–Trinajstić information content (AvgIpc) is 2.53. The van der Waals surface area contributed by atoms with Gasteiger partial charge in [-0.1, -0.05) is 17.7 Å². The van der Waals surface area contributed by atoms with E-state index in [0.29, 0.717) is 0 Å². The van der Waals surface area contributed by atoms with E-state index >= 15 is 0 Å². The molecule has 0 amide bonds. The minimum atomic E-state index is -2.83. The second kappa shape index (κ2) is 6.81. The fraction of sp³-hybridized carbons (Fsp3) is 0.188. The van der Waals surface area contributed by atoms with Gasteiger partial charge in [0.25, 0.3) is 12.0 Å². The van der Waals surface area contributed by atoms with Crippen LogP contribution in [0, 0.1) is 11.3 Å². The number of aromatic nitrogens is 1. The van der Waals surface area contributed by atoms with Crippen LogP contribution in [0.3, 0.4) is 0 Å². The maximum Gasteiger partial charge on any atom is 0.326 e. The van der Waals surface area contributed by atoms with Crippen molar-refractivity contribution in [3.63, 3.8) is 0 Å². The van der Waals surface area contributed by atoms with Crippen molar-refractivity contribution in [3.05, 3.63) is 57.0 Å². The Morgan fingerprint density at radius 2 is 2.00 bits per heavy atom. The normalized spacial score (nSPS) is 12.0. The molecule has 0 aliphatic heterocycles. The van der Waals surface area contributed by atoms with E-state index in [1.54, 1.807) is 6.07 Å². The van der Waals surface area contributed by atoms with Gasteiger partial charge in [-0.25, -0.2) is 13.6 Å². The number of alkyl halides is 2. The molecule has 5 nitrogen and oxygen atoms in total. The highest BCUT2D eigenvalue weighted by atomic mass is 35.5. The molecule has 0 aliphatic carbocycles. The molecule has 0 aliphatic rings. The van der Waals surface area contributed by atoms with Crippen molar-refractivity contribution in [2.75, 3.05) is 0 Å². The van der Waals surface area contributed by atoms with Gasteiger partial charge in [-0.05, 0) is 24.6 Å². The molecule has 0 saturated heterocycles. The van der Waals surface area contributed by atoms with Crippen molar-refractivity contribution in [1.29, 1.82) is 5.26 Å². The van der Waals surface area contributed by atoms with Crippen LogP contribution in [0.1, 0.15) is 30.5 Å². The van der Waals surface area contributed by atoms with Gasteiger partial charge in [-0.3, -0.25) is 4.79 Å². The minimum absolute atomic E-state index is 0.0193. The van der Waals surface area contributed by atoms with E-state index in [9.17, 15) is 23.6 Å². The highest BCUT2D eigenvalue weighted by molar-refractivity contribution is 6.30. The van der Waals surface area contributed by atoms with E-state index in [4.69, 9.17) is 16.7 Å². The number of halogens is 3. The van der Waals surface area contributed by atoms with Gasteiger partial charge in [0.05, 0.1) is 5.56 Å². The number of nitriles is 1. The Hall–Kier alpha value is -2.72. The lowest BCUT2D eigenvalue weighted by Crippen LogP contribution is -2.27. The number of hydrogen-bond acceptors (Lipinski definition) is 3. The van der Waals surface area contributed by atoms with Crippen LogP contribution < -0.4 is 5.56 Å². The Kier molecular flexibility index (Phi) is 5.00. The van der Waals surface area contributed by atoms with Crippen molar-refractivity contribution in [3.8, 4) is 17.2 Å². The zero-order valence-corrected chi connectivity index (χ0v) is 13.1. The Morgan fingerprint density at radius 1 is 1.33 bits per heavy atom. The predicted octanol–water partition coefficient (Wildman–Crippen LogP) is 3.62. The maximum atomic E-state index is 13.2. The van der Waals surface area contributed by atoms with Crippen LogP contribution in [0.15, 0.2) is 35.3 Å². The molecule has 0 spiro atoms. The number of carbonyl (C=O) groups is 1. The van der Waals surface area contributed by atoms with Gasteiger partial charge >= 0.3 is 5.97 Å². The van der Waals surface area contributed by atoms with E-state index in [0.717, 1.165) is 22.9 Å². The molecule has 1 N–H and O–H groups in total. The number of nitrogens with zero attached hydrogens (tertiary/aromatic N) is 2. The van der Waals surface area contributed by atoms with Gasteiger partial charge in [0, 0.05) is 28.4 Å². The first-order valence-corrected chi connectivity index (χ1v) is 7.11. The zero-order chi connectivity index (χ0) is 18.0. The first-order valence-electron chi connectivity index (χ1n) is 6.73. The number of benzene rings is 1. The number of pyridine rings is 1. The van der Waals surface area contributed by atoms with Gasteiger partial charge in [-0.15, -0.1) is 0 Å². The average molecular weight is 353 g/mol. The molecule has 124 valence electrons. The number of carboxylic acids is 1. The topological polar surface area (TPSA) is 83.1 Å². The molecule has 1 unspecified atom stereocenters. The fourth-order valence-corrected chi connectivity index (χ4v) is 2.41. The van der Waals surface area contributed by atoms with E-state index in [1.165, 1.54) is 19.1 Å². The lowest BCUT2D eigenvalue weighted by molar-refractivity contribution is -0.140. The van der Waals surface area contributed by atoms with E-state index < -0.39 is 24.0 Å². The molecule has 0 bridgehead atoms. The SMILES string of the molecule is CC(C(=O)O)n1cc(C#N)c(-c2cc(Cl)ccc2C(F)F)cc1=O. The first-order chi connectivity index (χ1) is 11.3. The summed E-state index contributed by atoms with van der Waals surface area (Å²) in [6.07, 6.45) is -1.78. The molecule has 1 aromatic heterocycles. The molecule has 0 saturated carbocycles. The highest BCUT2D eigenvalue weighted by Gasteiger charge is 2.21. The lowest BCUT2D eigenvalue weighted by atomic mass is 9.97. The molecule has 2 aromatic rings. The molecule has 0 fully saturated rings. The summed E-state index contributed by atoms with van der Waals surface area (Å²) in [6, 6.07) is 5.21. The summed E-state index contributed by atoms with van der Waals surface area (Å²) in [5, 5.41) is 18.5. The van der Waals surface area contributed by atoms with Crippen molar-refractivity contribution >= 4 is 17.6 Å². The first kappa shape index (κ1) is 17.6. The number of carboxylic acid groups (broad SMARTS) is 1. The van der Waals surface area contributed by atoms with Gasteiger partial charge in [0.15, 0.2) is 0 Å². The van der Waals surface area contributed by atoms with Crippen LogP contribution in [-0.2, 0) is 4.79 Å². The third kappa shape index (κ3) is 3.29. The highest BCUT2D eigenvalue weighted by Crippen LogP contribution is 2.34. The Labute approximate surface area is 140 Å². The molecule has 1 atom stereocenters. The third-order valence-electron chi connectivity index (χ3n) is 3.52. The van der Waals surface area contributed by atoms with Gasteiger partial charge in [-0.2, -0.15) is 5.26 Å². The third-order valence-corrected chi connectivity index (χ3v) is 3.75. The van der Waals surface area contributed by atoms with Crippen molar-refractivity contribution < 1.29 is 18.7 Å². The van der Waals surface area contributed by atoms with E-state index in [1.807, 2.05) is 0 Å². The van der Waals surface area contributed by atoms with Crippen molar-refractivity contribution in [2.24, 2.45) is 0 Å². The standard InChI is InChI=1S/C16H11ClF2N2O3/c1-8(16(23)24)21-7-9(6-20)12(5-14(21)22)13-4-10(17)2-3-11(13)15(18)19/h2-5,7-8,15H,1H3,(H,23,24). The van der Waals surface area contributed by atoms with Crippen LogP contribution in [-0.4, -0.2) is 15.6 Å². The molecular formula is C16H11ClF2N2O3. The van der Waals surface area contributed by atoms with Gasteiger partial charge in [0.2, 0.25) is 0 Å². The number of aliphatic carboxylic acids is 1. The molecular weight excluding hydrogens is 342 g/mol. The lowest BCUT2D eigenvalue weighted by Gasteiger charge is -2.15. The second-order valence-corrected chi connectivity index (χ2v) is 5.44. The monoisotopic (exact) mass is 352 g/mol. The molecule has 1 heterocycles. The second-order valence-electron chi connectivity index (χ2n) is 5.00. The van der Waals surface area contributed by atoms with Crippen LogP contribution in [0.25, 0.3) is 11.1 Å². The summed E-state index contributed by atoms with van der Waals surface area (Å²) in [5.41, 5.74) is -1.26. The molecule has 2 rings (SSSR count). The fourth-order valence-electron chi connectivity index (χ4n) is 2.23. The van der Waals surface area contributed by atoms with Gasteiger partial charge in [0.1, 0.15) is 12.1 Å². The number of rotatable bonds is 4. The summed E-state index contributed by atoms with van der Waals surface area (Å²) in [6.45, 7) is 1.27. The number of hydrogen-bond donors (Lipinski definition) is 1. The molecule has 24 heavy (non-hydrogen) atoms. The summed E-state index contributed by atoms with van der Waals surface area (Å²) in [5.74, 6) is -1.26. The van der Waals surface area contributed by atoms with Crippen LogP contribution in [0.5, 0.6) is 0 Å². The Morgan fingerprint density at radius 3 is 2.54 bits per heavy atom. The minimum Gasteiger partial charge on any atom is -0.480 e. The van der Waals surface area contributed by atoms with Crippen LogP contribution >= 0.6 is 11.6 Å². The predicted molar refractivity (Wildman–Crippen MR) is 83.2 cm³/mol. The van der Waals surface area contributed by atoms with E-state index in [2.05, 4.69) is 0 Å².